The van der Waals surface area contributed by atoms with Gasteiger partial charge in [0, 0.05) is 43.3 Å². The molecule has 2 aliphatic heterocycles. The molecule has 0 aromatic heterocycles. The van der Waals surface area contributed by atoms with Crippen molar-refractivity contribution in [1.82, 2.24) is 14.7 Å². The third kappa shape index (κ3) is 6.83. The van der Waals surface area contributed by atoms with Crippen molar-refractivity contribution in [3.8, 4) is 0 Å². The number of carbonyl (C=O) groups is 3. The van der Waals surface area contributed by atoms with Gasteiger partial charge in [0.15, 0.2) is 0 Å². The molecule has 2 saturated heterocycles. The molecule has 2 fully saturated rings. The molecule has 6 nitrogen and oxygen atoms in total. The van der Waals surface area contributed by atoms with Crippen LogP contribution in [0.3, 0.4) is 0 Å². The SMILES string of the molecule is O=C(c1ccc(C=C2SC(=O)N(Cc3ccccc3C(F)(F)F)C2=O)cc1)N1CCN(Cc2ccc(Cl)cc2)CC1. The summed E-state index contributed by atoms with van der Waals surface area (Å²) in [6, 6.07) is 19.3. The van der Waals surface area contributed by atoms with Crippen LogP contribution in [0.1, 0.15) is 32.6 Å². The van der Waals surface area contributed by atoms with Crippen molar-refractivity contribution in [3.05, 3.63) is 111 Å². The first-order chi connectivity index (χ1) is 19.6. The fourth-order valence-electron chi connectivity index (χ4n) is 4.75. The van der Waals surface area contributed by atoms with E-state index in [9.17, 15) is 27.6 Å². The van der Waals surface area contributed by atoms with Crippen molar-refractivity contribution in [2.75, 3.05) is 26.2 Å². The summed E-state index contributed by atoms with van der Waals surface area (Å²) in [6.45, 7) is 3.00. The molecular weight excluding hydrogens is 575 g/mol. The van der Waals surface area contributed by atoms with Crippen LogP contribution in [0.4, 0.5) is 18.0 Å². The Balaban J connectivity index is 1.19. The maximum atomic E-state index is 13.4. The third-order valence-electron chi connectivity index (χ3n) is 6.96. The van der Waals surface area contributed by atoms with Crippen molar-refractivity contribution >= 4 is 46.5 Å². The molecular formula is C30H25ClF3N3O3S. The molecule has 2 aliphatic rings. The molecule has 0 aliphatic carbocycles. The third-order valence-corrected chi connectivity index (χ3v) is 8.12. The second-order valence-electron chi connectivity index (χ2n) is 9.74. The van der Waals surface area contributed by atoms with E-state index in [4.69, 9.17) is 11.6 Å². The quantitative estimate of drug-likeness (QED) is 0.301. The van der Waals surface area contributed by atoms with E-state index >= 15 is 0 Å². The Labute approximate surface area is 244 Å². The van der Waals surface area contributed by atoms with E-state index in [-0.39, 0.29) is 16.4 Å². The molecule has 3 aromatic rings. The molecule has 0 bridgehead atoms. The lowest BCUT2D eigenvalue weighted by atomic mass is 10.1. The van der Waals surface area contributed by atoms with Crippen LogP contribution in [0.15, 0.2) is 77.7 Å². The van der Waals surface area contributed by atoms with Crippen molar-refractivity contribution in [3.63, 3.8) is 0 Å². The van der Waals surface area contributed by atoms with Gasteiger partial charge in [-0.1, -0.05) is 54.1 Å². The van der Waals surface area contributed by atoms with Crippen LogP contribution in [0.2, 0.25) is 5.02 Å². The minimum absolute atomic E-state index is 0.0913. The molecule has 2 heterocycles. The summed E-state index contributed by atoms with van der Waals surface area (Å²) in [4.78, 5) is 43.4. The van der Waals surface area contributed by atoms with Gasteiger partial charge in [0.2, 0.25) is 0 Å². The first-order valence-corrected chi connectivity index (χ1v) is 14.0. The van der Waals surface area contributed by atoms with Gasteiger partial charge < -0.3 is 4.90 Å². The van der Waals surface area contributed by atoms with Crippen LogP contribution in [0.25, 0.3) is 6.08 Å². The van der Waals surface area contributed by atoms with Crippen molar-refractivity contribution < 1.29 is 27.6 Å². The average Bonchev–Trinajstić information content (AvgIpc) is 3.21. The number of hydrogen-bond acceptors (Lipinski definition) is 5. The second-order valence-corrected chi connectivity index (χ2v) is 11.2. The fourth-order valence-corrected chi connectivity index (χ4v) is 5.72. The highest BCUT2D eigenvalue weighted by Gasteiger charge is 2.38. The van der Waals surface area contributed by atoms with Gasteiger partial charge in [0.25, 0.3) is 17.1 Å². The Morgan fingerprint density at radius 2 is 1.54 bits per heavy atom. The van der Waals surface area contributed by atoms with Crippen LogP contribution in [-0.2, 0) is 24.1 Å². The standard InChI is InChI=1S/C30H25ClF3N3O3S/c31-24-11-7-21(8-12-24)18-35-13-15-36(16-14-35)27(38)22-9-5-20(6-10-22)17-26-28(39)37(29(40)41-26)19-23-3-1-2-4-25(23)30(32,33)34/h1-12,17H,13-16,18-19H2. The van der Waals surface area contributed by atoms with Crippen LogP contribution >= 0.6 is 23.4 Å². The molecule has 212 valence electrons. The number of halogens is 4. The fraction of sp³-hybridized carbons (Fsp3) is 0.233. The first kappa shape index (κ1) is 28.9. The van der Waals surface area contributed by atoms with Gasteiger partial charge >= 0.3 is 6.18 Å². The minimum atomic E-state index is -4.60. The number of imide groups is 1. The highest BCUT2D eigenvalue weighted by molar-refractivity contribution is 8.18. The zero-order valence-corrected chi connectivity index (χ0v) is 23.3. The van der Waals surface area contributed by atoms with Gasteiger partial charge in [-0.25, -0.2) is 0 Å². The van der Waals surface area contributed by atoms with Crippen LogP contribution in [0.5, 0.6) is 0 Å². The highest BCUT2D eigenvalue weighted by atomic mass is 35.5. The summed E-state index contributed by atoms with van der Waals surface area (Å²) in [5.41, 5.74) is 1.22. The molecule has 11 heteroatoms. The number of alkyl halides is 3. The summed E-state index contributed by atoms with van der Waals surface area (Å²) in [5, 5.41) is 0.0571. The van der Waals surface area contributed by atoms with Crippen molar-refractivity contribution in [2.45, 2.75) is 19.3 Å². The van der Waals surface area contributed by atoms with Crippen LogP contribution < -0.4 is 0 Å². The van der Waals surface area contributed by atoms with E-state index < -0.39 is 29.4 Å². The lowest BCUT2D eigenvalue weighted by Crippen LogP contribution is -2.48. The van der Waals surface area contributed by atoms with Gasteiger partial charge in [-0.3, -0.25) is 24.2 Å². The van der Waals surface area contributed by atoms with E-state index in [0.717, 1.165) is 36.2 Å². The number of benzene rings is 3. The molecule has 0 unspecified atom stereocenters. The minimum Gasteiger partial charge on any atom is -0.336 e. The summed E-state index contributed by atoms with van der Waals surface area (Å²) in [5.74, 6) is -0.750. The topological polar surface area (TPSA) is 60.9 Å². The number of thioether (sulfide) groups is 1. The van der Waals surface area contributed by atoms with E-state index in [1.54, 1.807) is 29.2 Å². The number of nitrogens with zero attached hydrogens (tertiary/aromatic N) is 3. The van der Waals surface area contributed by atoms with Crippen LogP contribution in [-0.4, -0.2) is 57.9 Å². The molecule has 3 aromatic carbocycles. The normalized spacial score (nSPS) is 17.5. The monoisotopic (exact) mass is 599 g/mol. The molecule has 0 atom stereocenters. The molecule has 3 amide bonds. The zero-order valence-electron chi connectivity index (χ0n) is 21.7. The Morgan fingerprint density at radius 1 is 0.878 bits per heavy atom. The summed E-state index contributed by atoms with van der Waals surface area (Å²) in [6.07, 6.45) is -3.09. The second kappa shape index (κ2) is 12.1. The van der Waals surface area contributed by atoms with Crippen molar-refractivity contribution in [2.24, 2.45) is 0 Å². The molecule has 41 heavy (non-hydrogen) atoms. The largest absolute Gasteiger partial charge is 0.416 e. The van der Waals surface area contributed by atoms with Crippen LogP contribution in [0, 0.1) is 0 Å². The predicted octanol–water partition coefficient (Wildman–Crippen LogP) is 6.55. The Morgan fingerprint density at radius 3 is 2.20 bits per heavy atom. The number of amides is 3. The van der Waals surface area contributed by atoms with Crippen molar-refractivity contribution in [1.29, 1.82) is 0 Å². The Kier molecular flexibility index (Phi) is 8.53. The number of rotatable bonds is 6. The lowest BCUT2D eigenvalue weighted by Gasteiger charge is -2.34. The number of hydrogen-bond donors (Lipinski definition) is 0. The van der Waals surface area contributed by atoms with Gasteiger partial charge in [0.05, 0.1) is 17.0 Å². The van der Waals surface area contributed by atoms with E-state index in [1.807, 2.05) is 24.3 Å². The zero-order chi connectivity index (χ0) is 29.1. The smallest absolute Gasteiger partial charge is 0.336 e. The molecule has 0 N–H and O–H groups in total. The summed E-state index contributed by atoms with van der Waals surface area (Å²) in [7, 11) is 0. The van der Waals surface area contributed by atoms with Gasteiger partial charge in [-0.05, 0) is 64.9 Å². The first-order valence-electron chi connectivity index (χ1n) is 12.8. The highest BCUT2D eigenvalue weighted by Crippen LogP contribution is 2.36. The van der Waals surface area contributed by atoms with Gasteiger partial charge in [0.1, 0.15) is 0 Å². The van der Waals surface area contributed by atoms with E-state index in [1.165, 1.54) is 24.3 Å². The number of piperazine rings is 1. The summed E-state index contributed by atoms with van der Waals surface area (Å²) >= 11 is 6.63. The predicted molar refractivity (Wildman–Crippen MR) is 152 cm³/mol. The van der Waals surface area contributed by atoms with Gasteiger partial charge in [-0.15, -0.1) is 0 Å². The Bertz CT molecular complexity index is 1490. The Hall–Kier alpha value is -3.60. The summed E-state index contributed by atoms with van der Waals surface area (Å²) < 4.78 is 40.1. The average molecular weight is 600 g/mol. The van der Waals surface area contributed by atoms with E-state index in [2.05, 4.69) is 4.90 Å². The lowest BCUT2D eigenvalue weighted by molar-refractivity contribution is -0.139. The maximum absolute atomic E-state index is 13.4. The number of carbonyl (C=O) groups excluding carboxylic acids is 3. The molecule has 0 saturated carbocycles. The van der Waals surface area contributed by atoms with E-state index in [0.29, 0.717) is 41.0 Å². The molecule has 5 rings (SSSR count). The van der Waals surface area contributed by atoms with Gasteiger partial charge in [-0.2, -0.15) is 13.2 Å². The molecule has 0 spiro atoms. The molecule has 0 radical (unpaired) electrons. The maximum Gasteiger partial charge on any atom is 0.416 e.